The molecule has 2 fully saturated rings. The summed E-state index contributed by atoms with van der Waals surface area (Å²) >= 11 is 0. The minimum atomic E-state index is 0.616. The lowest BCUT2D eigenvalue weighted by Crippen LogP contribution is -2.03. The van der Waals surface area contributed by atoms with E-state index in [9.17, 15) is 0 Å². The number of hydrogen-bond donors (Lipinski definition) is 0. The molecule has 2 unspecified atom stereocenters. The third-order valence-electron chi connectivity index (χ3n) is 2.31. The molecule has 0 radical (unpaired) electrons. The zero-order chi connectivity index (χ0) is 6.27. The molecule has 1 saturated heterocycles. The lowest BCUT2D eigenvalue weighted by molar-refractivity contribution is 0.374. The molecular weight excluding hydrogens is 112 g/mol. The van der Waals surface area contributed by atoms with Gasteiger partial charge in [-0.15, -0.1) is 0 Å². The van der Waals surface area contributed by atoms with Crippen molar-refractivity contribution in [2.75, 3.05) is 0 Å². The van der Waals surface area contributed by atoms with Crippen LogP contribution in [0.1, 0.15) is 26.2 Å². The SMILES string of the molecule is CC=C1CCC2OC2C1. The lowest BCUT2D eigenvalue weighted by Gasteiger charge is -2.07. The van der Waals surface area contributed by atoms with Crippen LogP contribution in [0.15, 0.2) is 11.6 Å². The second kappa shape index (κ2) is 1.84. The van der Waals surface area contributed by atoms with Crippen molar-refractivity contribution >= 4 is 0 Å². The van der Waals surface area contributed by atoms with Gasteiger partial charge < -0.3 is 4.74 Å². The number of rotatable bonds is 0. The molecule has 1 saturated carbocycles. The quantitative estimate of drug-likeness (QED) is 0.355. The first-order chi connectivity index (χ1) is 4.40. The van der Waals surface area contributed by atoms with Crippen LogP contribution in [0, 0.1) is 0 Å². The van der Waals surface area contributed by atoms with Gasteiger partial charge in [0, 0.05) is 0 Å². The van der Waals surface area contributed by atoms with Crippen LogP contribution in [0.2, 0.25) is 0 Å². The summed E-state index contributed by atoms with van der Waals surface area (Å²) in [6, 6.07) is 0. The third-order valence-corrected chi connectivity index (χ3v) is 2.31. The summed E-state index contributed by atoms with van der Waals surface area (Å²) in [6.07, 6.45) is 7.25. The van der Waals surface area contributed by atoms with Crippen molar-refractivity contribution in [2.45, 2.75) is 38.4 Å². The predicted octanol–water partition coefficient (Wildman–Crippen LogP) is 1.88. The molecule has 0 bridgehead atoms. The highest BCUT2D eigenvalue weighted by Crippen LogP contribution is 2.38. The Morgan fingerprint density at radius 1 is 1.56 bits per heavy atom. The summed E-state index contributed by atoms with van der Waals surface area (Å²) in [5.74, 6) is 0. The first-order valence-corrected chi connectivity index (χ1v) is 3.69. The van der Waals surface area contributed by atoms with Crippen molar-refractivity contribution in [1.29, 1.82) is 0 Å². The Morgan fingerprint density at radius 3 is 3.11 bits per heavy atom. The largest absolute Gasteiger partial charge is 0.369 e. The van der Waals surface area contributed by atoms with Crippen LogP contribution in [0.5, 0.6) is 0 Å². The molecule has 1 nitrogen and oxygen atoms in total. The van der Waals surface area contributed by atoms with E-state index in [0.29, 0.717) is 12.2 Å². The van der Waals surface area contributed by atoms with E-state index < -0.39 is 0 Å². The average molecular weight is 124 g/mol. The van der Waals surface area contributed by atoms with Gasteiger partial charge in [0.15, 0.2) is 0 Å². The molecule has 1 heteroatoms. The minimum Gasteiger partial charge on any atom is -0.369 e. The molecule has 0 spiro atoms. The van der Waals surface area contributed by atoms with E-state index >= 15 is 0 Å². The summed E-state index contributed by atoms with van der Waals surface area (Å²) in [5, 5.41) is 0. The monoisotopic (exact) mass is 124 g/mol. The number of ether oxygens (including phenoxy) is 1. The Hall–Kier alpha value is -0.300. The zero-order valence-electron chi connectivity index (χ0n) is 5.76. The second-order valence-electron chi connectivity index (χ2n) is 2.90. The zero-order valence-corrected chi connectivity index (χ0v) is 5.76. The molecule has 50 valence electrons. The summed E-state index contributed by atoms with van der Waals surface area (Å²) in [7, 11) is 0. The summed E-state index contributed by atoms with van der Waals surface area (Å²) < 4.78 is 5.37. The van der Waals surface area contributed by atoms with Crippen LogP contribution in [0.25, 0.3) is 0 Å². The number of fused-ring (bicyclic) bond motifs is 1. The van der Waals surface area contributed by atoms with Crippen LogP contribution in [-0.4, -0.2) is 12.2 Å². The molecule has 0 amide bonds. The summed E-state index contributed by atoms with van der Waals surface area (Å²) in [5.41, 5.74) is 1.59. The van der Waals surface area contributed by atoms with E-state index in [1.165, 1.54) is 19.3 Å². The van der Waals surface area contributed by atoms with Crippen LogP contribution < -0.4 is 0 Å². The Bertz CT molecular complexity index is 149. The van der Waals surface area contributed by atoms with Crippen LogP contribution in [-0.2, 0) is 4.74 Å². The predicted molar refractivity (Wildman–Crippen MR) is 36.3 cm³/mol. The number of epoxide rings is 1. The van der Waals surface area contributed by atoms with Crippen molar-refractivity contribution in [2.24, 2.45) is 0 Å². The Morgan fingerprint density at radius 2 is 2.44 bits per heavy atom. The molecule has 1 aliphatic heterocycles. The molecule has 1 heterocycles. The first kappa shape index (κ1) is 5.48. The van der Waals surface area contributed by atoms with Gasteiger partial charge in [0.25, 0.3) is 0 Å². The molecule has 0 aromatic carbocycles. The van der Waals surface area contributed by atoms with Gasteiger partial charge in [-0.3, -0.25) is 0 Å². The van der Waals surface area contributed by atoms with Crippen molar-refractivity contribution in [1.82, 2.24) is 0 Å². The van der Waals surface area contributed by atoms with Gasteiger partial charge in [0.2, 0.25) is 0 Å². The van der Waals surface area contributed by atoms with Crippen molar-refractivity contribution in [3.63, 3.8) is 0 Å². The number of hydrogen-bond acceptors (Lipinski definition) is 1. The summed E-state index contributed by atoms with van der Waals surface area (Å²) in [6.45, 7) is 2.12. The van der Waals surface area contributed by atoms with Gasteiger partial charge in [-0.05, 0) is 26.2 Å². The smallest absolute Gasteiger partial charge is 0.0879 e. The molecule has 9 heavy (non-hydrogen) atoms. The van der Waals surface area contributed by atoms with Gasteiger partial charge in [0.05, 0.1) is 12.2 Å². The molecule has 0 aromatic rings. The minimum absolute atomic E-state index is 0.616. The fourth-order valence-corrected chi connectivity index (χ4v) is 1.56. The second-order valence-corrected chi connectivity index (χ2v) is 2.90. The van der Waals surface area contributed by atoms with E-state index in [2.05, 4.69) is 13.0 Å². The van der Waals surface area contributed by atoms with Gasteiger partial charge in [-0.1, -0.05) is 11.6 Å². The fraction of sp³-hybridized carbons (Fsp3) is 0.750. The van der Waals surface area contributed by atoms with Gasteiger partial charge in [0.1, 0.15) is 0 Å². The Balaban J connectivity index is 2.01. The van der Waals surface area contributed by atoms with Crippen LogP contribution in [0.3, 0.4) is 0 Å². The highest BCUT2D eigenvalue weighted by Gasteiger charge is 2.41. The molecule has 0 N–H and O–H groups in total. The third kappa shape index (κ3) is 0.897. The molecule has 2 rings (SSSR count). The maximum atomic E-state index is 5.37. The van der Waals surface area contributed by atoms with E-state index in [4.69, 9.17) is 4.74 Å². The fourth-order valence-electron chi connectivity index (χ4n) is 1.56. The van der Waals surface area contributed by atoms with Crippen LogP contribution >= 0.6 is 0 Å². The lowest BCUT2D eigenvalue weighted by atomic mass is 9.95. The average Bonchev–Trinajstić information content (AvgIpc) is 2.64. The molecule has 0 aromatic heterocycles. The normalized spacial score (nSPS) is 44.8. The van der Waals surface area contributed by atoms with Gasteiger partial charge >= 0.3 is 0 Å². The van der Waals surface area contributed by atoms with E-state index in [-0.39, 0.29) is 0 Å². The van der Waals surface area contributed by atoms with Crippen molar-refractivity contribution < 1.29 is 4.74 Å². The van der Waals surface area contributed by atoms with Crippen LogP contribution in [0.4, 0.5) is 0 Å². The maximum absolute atomic E-state index is 5.37. The van der Waals surface area contributed by atoms with Crippen molar-refractivity contribution in [3.8, 4) is 0 Å². The highest BCUT2D eigenvalue weighted by molar-refractivity contribution is 5.11. The first-order valence-electron chi connectivity index (χ1n) is 3.69. The maximum Gasteiger partial charge on any atom is 0.0879 e. The van der Waals surface area contributed by atoms with E-state index in [1.807, 2.05) is 0 Å². The van der Waals surface area contributed by atoms with E-state index in [1.54, 1.807) is 5.57 Å². The van der Waals surface area contributed by atoms with Gasteiger partial charge in [-0.25, -0.2) is 0 Å². The Labute approximate surface area is 55.7 Å². The molecule has 1 aliphatic carbocycles. The topological polar surface area (TPSA) is 12.5 Å². The van der Waals surface area contributed by atoms with E-state index in [0.717, 1.165) is 0 Å². The molecular formula is C8H12O. The molecule has 2 aliphatic rings. The van der Waals surface area contributed by atoms with Crippen molar-refractivity contribution in [3.05, 3.63) is 11.6 Å². The summed E-state index contributed by atoms with van der Waals surface area (Å²) in [4.78, 5) is 0. The standard InChI is InChI=1S/C8H12O/c1-2-6-3-4-7-8(5-6)9-7/h2,7-8H,3-5H2,1H3. The Kier molecular flexibility index (Phi) is 1.12. The molecule has 2 atom stereocenters. The highest BCUT2D eigenvalue weighted by atomic mass is 16.6. The number of allylic oxidation sites excluding steroid dienone is 1. The van der Waals surface area contributed by atoms with Gasteiger partial charge in [-0.2, -0.15) is 0 Å².